The Kier molecular flexibility index (Phi) is 6.29. The fraction of sp³-hybridized carbons (Fsp3) is 0.500. The molecule has 3 amide bonds. The van der Waals surface area contributed by atoms with Crippen molar-refractivity contribution in [3.63, 3.8) is 0 Å². The van der Waals surface area contributed by atoms with Crippen molar-refractivity contribution in [2.75, 3.05) is 19.6 Å². The molecule has 31 heavy (non-hydrogen) atoms. The van der Waals surface area contributed by atoms with Crippen LogP contribution in [-0.2, 0) is 36.1 Å². The minimum Gasteiger partial charge on any atom is -0.350 e. The summed E-state index contributed by atoms with van der Waals surface area (Å²) >= 11 is 0. The zero-order chi connectivity index (χ0) is 21.8. The van der Waals surface area contributed by atoms with E-state index in [2.05, 4.69) is 15.4 Å². The average Bonchev–Trinajstić information content (AvgIpc) is 3.44. The molecular weight excluding hydrogens is 396 g/mol. The monoisotopic (exact) mass is 424 g/mol. The van der Waals surface area contributed by atoms with Gasteiger partial charge in [0, 0.05) is 69.9 Å². The van der Waals surface area contributed by atoms with Crippen molar-refractivity contribution >= 4 is 17.7 Å². The molecular formula is C22H28N6O3. The molecule has 0 aliphatic carbocycles. The van der Waals surface area contributed by atoms with E-state index in [0.29, 0.717) is 31.7 Å². The smallest absolute Gasteiger partial charge is 0.274 e. The molecule has 0 saturated carbocycles. The first-order chi connectivity index (χ1) is 15.0. The minimum absolute atomic E-state index is 0.0439. The Balaban J connectivity index is 1.33. The number of likely N-dealkylation sites (tertiary alicyclic amines) is 1. The van der Waals surface area contributed by atoms with E-state index in [9.17, 15) is 14.4 Å². The van der Waals surface area contributed by atoms with Crippen LogP contribution >= 0.6 is 0 Å². The van der Waals surface area contributed by atoms with Crippen LogP contribution in [-0.4, -0.2) is 61.9 Å². The Morgan fingerprint density at radius 2 is 1.87 bits per heavy atom. The Morgan fingerprint density at radius 1 is 1.06 bits per heavy atom. The first kappa shape index (κ1) is 21.0. The standard InChI is InChI=1S/C22H28N6O3/c1-26-18-9-13-28(15-17(18)21(25-26)22(31)27-11-4-5-12-27)20(30)8-7-19(29)24-14-16-6-2-3-10-23-16/h2-3,6,10H,4-5,7-9,11-15H2,1H3,(H,24,29). The van der Waals surface area contributed by atoms with E-state index in [1.165, 1.54) is 0 Å². The van der Waals surface area contributed by atoms with Crippen molar-refractivity contribution in [3.05, 3.63) is 47.0 Å². The quantitative estimate of drug-likeness (QED) is 0.747. The zero-order valence-corrected chi connectivity index (χ0v) is 17.8. The third kappa shape index (κ3) is 4.76. The average molecular weight is 425 g/mol. The number of hydrogen-bond donors (Lipinski definition) is 1. The second kappa shape index (κ2) is 9.28. The van der Waals surface area contributed by atoms with Gasteiger partial charge in [0.25, 0.3) is 5.91 Å². The number of carbonyl (C=O) groups excluding carboxylic acids is 3. The van der Waals surface area contributed by atoms with Crippen molar-refractivity contribution in [2.24, 2.45) is 7.05 Å². The lowest BCUT2D eigenvalue weighted by atomic mass is 10.0. The highest BCUT2D eigenvalue weighted by molar-refractivity contribution is 5.94. The fourth-order valence-electron chi connectivity index (χ4n) is 4.21. The van der Waals surface area contributed by atoms with Gasteiger partial charge in [-0.15, -0.1) is 0 Å². The number of nitrogens with one attached hydrogen (secondary N) is 1. The molecule has 0 spiro atoms. The molecule has 2 aromatic heterocycles. The minimum atomic E-state index is -0.178. The van der Waals surface area contributed by atoms with Crippen LogP contribution in [0.25, 0.3) is 0 Å². The van der Waals surface area contributed by atoms with Gasteiger partial charge in [-0.1, -0.05) is 6.07 Å². The highest BCUT2D eigenvalue weighted by atomic mass is 16.2. The van der Waals surface area contributed by atoms with E-state index in [0.717, 1.165) is 42.9 Å². The van der Waals surface area contributed by atoms with Crippen LogP contribution in [0.4, 0.5) is 0 Å². The molecule has 164 valence electrons. The molecule has 4 rings (SSSR count). The molecule has 1 fully saturated rings. The van der Waals surface area contributed by atoms with E-state index >= 15 is 0 Å². The van der Waals surface area contributed by atoms with Gasteiger partial charge >= 0.3 is 0 Å². The number of nitrogens with zero attached hydrogens (tertiary/aromatic N) is 5. The molecule has 0 aromatic carbocycles. The predicted molar refractivity (Wildman–Crippen MR) is 113 cm³/mol. The van der Waals surface area contributed by atoms with Crippen LogP contribution in [0.3, 0.4) is 0 Å². The molecule has 4 heterocycles. The van der Waals surface area contributed by atoms with Gasteiger partial charge in [-0.2, -0.15) is 5.10 Å². The Hall–Kier alpha value is -3.23. The Morgan fingerprint density at radius 3 is 2.61 bits per heavy atom. The summed E-state index contributed by atoms with van der Waals surface area (Å²) in [6, 6.07) is 5.52. The summed E-state index contributed by atoms with van der Waals surface area (Å²) in [6.45, 7) is 2.81. The Labute approximate surface area is 181 Å². The molecule has 2 aromatic rings. The SMILES string of the molecule is Cn1nc(C(=O)N2CCCC2)c2c1CCN(C(=O)CCC(=O)NCc1ccccn1)C2. The molecule has 0 unspecified atom stereocenters. The molecule has 9 nitrogen and oxygen atoms in total. The molecule has 1 saturated heterocycles. The molecule has 2 aliphatic heterocycles. The van der Waals surface area contributed by atoms with Crippen LogP contribution in [0, 0.1) is 0 Å². The first-order valence-corrected chi connectivity index (χ1v) is 10.8. The van der Waals surface area contributed by atoms with Gasteiger partial charge in [0.1, 0.15) is 0 Å². The van der Waals surface area contributed by atoms with Gasteiger partial charge in [0.2, 0.25) is 11.8 Å². The lowest BCUT2D eigenvalue weighted by Crippen LogP contribution is -2.38. The second-order valence-electron chi connectivity index (χ2n) is 8.06. The maximum absolute atomic E-state index is 12.9. The zero-order valence-electron chi connectivity index (χ0n) is 17.8. The summed E-state index contributed by atoms with van der Waals surface area (Å²) in [4.78, 5) is 45.5. The van der Waals surface area contributed by atoms with Crippen molar-refractivity contribution < 1.29 is 14.4 Å². The number of pyridine rings is 1. The normalized spacial score (nSPS) is 15.6. The van der Waals surface area contributed by atoms with Gasteiger partial charge in [-0.25, -0.2) is 0 Å². The molecule has 0 atom stereocenters. The van der Waals surface area contributed by atoms with E-state index < -0.39 is 0 Å². The third-order valence-electron chi connectivity index (χ3n) is 5.95. The van der Waals surface area contributed by atoms with Crippen LogP contribution < -0.4 is 5.32 Å². The van der Waals surface area contributed by atoms with E-state index in [1.54, 1.807) is 15.8 Å². The van der Waals surface area contributed by atoms with Gasteiger partial charge in [-0.05, 0) is 25.0 Å². The van der Waals surface area contributed by atoms with E-state index in [4.69, 9.17) is 0 Å². The number of hydrogen-bond acceptors (Lipinski definition) is 5. The van der Waals surface area contributed by atoms with Gasteiger partial charge < -0.3 is 15.1 Å². The molecule has 1 N–H and O–H groups in total. The van der Waals surface area contributed by atoms with Crippen molar-refractivity contribution in [1.29, 1.82) is 0 Å². The van der Waals surface area contributed by atoms with Gasteiger partial charge in [0.05, 0.1) is 12.2 Å². The summed E-state index contributed by atoms with van der Waals surface area (Å²) in [5, 5.41) is 7.27. The maximum Gasteiger partial charge on any atom is 0.274 e. The van der Waals surface area contributed by atoms with Crippen molar-refractivity contribution in [3.8, 4) is 0 Å². The first-order valence-electron chi connectivity index (χ1n) is 10.8. The lowest BCUT2D eigenvalue weighted by Gasteiger charge is -2.28. The number of carbonyl (C=O) groups is 3. The number of fused-ring (bicyclic) bond motifs is 1. The number of aromatic nitrogens is 3. The van der Waals surface area contributed by atoms with Crippen LogP contribution in [0.1, 0.15) is 53.1 Å². The number of rotatable bonds is 6. The highest BCUT2D eigenvalue weighted by Crippen LogP contribution is 2.25. The Bertz CT molecular complexity index is 965. The fourth-order valence-corrected chi connectivity index (χ4v) is 4.21. The summed E-state index contributed by atoms with van der Waals surface area (Å²) in [5.41, 5.74) is 3.10. The molecule has 0 bridgehead atoms. The van der Waals surface area contributed by atoms with Gasteiger partial charge in [0.15, 0.2) is 5.69 Å². The van der Waals surface area contributed by atoms with Crippen LogP contribution in [0.15, 0.2) is 24.4 Å². The largest absolute Gasteiger partial charge is 0.350 e. The molecule has 2 aliphatic rings. The number of aryl methyl sites for hydroxylation is 1. The highest BCUT2D eigenvalue weighted by Gasteiger charge is 2.31. The summed E-state index contributed by atoms with van der Waals surface area (Å²) < 4.78 is 1.77. The topological polar surface area (TPSA) is 100 Å². The van der Waals surface area contributed by atoms with E-state index in [-0.39, 0.29) is 30.6 Å². The predicted octanol–water partition coefficient (Wildman–Crippen LogP) is 1.03. The summed E-state index contributed by atoms with van der Waals surface area (Å²) in [6.07, 6.45) is 4.64. The molecule has 0 radical (unpaired) electrons. The van der Waals surface area contributed by atoms with Gasteiger partial charge in [-0.3, -0.25) is 24.0 Å². The summed E-state index contributed by atoms with van der Waals surface area (Å²) in [7, 11) is 1.85. The lowest BCUT2D eigenvalue weighted by molar-refractivity contribution is -0.134. The van der Waals surface area contributed by atoms with E-state index in [1.807, 2.05) is 30.1 Å². The third-order valence-corrected chi connectivity index (χ3v) is 5.95. The van der Waals surface area contributed by atoms with Crippen LogP contribution in [0.2, 0.25) is 0 Å². The van der Waals surface area contributed by atoms with Crippen molar-refractivity contribution in [2.45, 2.75) is 45.2 Å². The second-order valence-corrected chi connectivity index (χ2v) is 8.06. The summed E-state index contributed by atoms with van der Waals surface area (Å²) in [5.74, 6) is -0.303. The number of amides is 3. The van der Waals surface area contributed by atoms with Crippen molar-refractivity contribution in [1.82, 2.24) is 29.9 Å². The maximum atomic E-state index is 12.9. The molecule has 9 heteroatoms. The van der Waals surface area contributed by atoms with Crippen LogP contribution in [0.5, 0.6) is 0 Å².